The van der Waals surface area contributed by atoms with Crippen LogP contribution in [0.5, 0.6) is 0 Å². The minimum atomic E-state index is -1.79. The summed E-state index contributed by atoms with van der Waals surface area (Å²) in [5.74, 6) is -0.251. The van der Waals surface area contributed by atoms with Gasteiger partial charge in [-0.1, -0.05) is 286 Å². The second-order valence-corrected chi connectivity index (χ2v) is 25.4. The van der Waals surface area contributed by atoms with Crippen molar-refractivity contribution < 1.29 is 64.6 Å². The highest BCUT2D eigenvalue weighted by Crippen LogP contribution is 2.30. The van der Waals surface area contributed by atoms with E-state index in [4.69, 9.17) is 18.9 Å². The van der Waals surface area contributed by atoms with Gasteiger partial charge in [-0.15, -0.1) is 0 Å². The molecule has 14 nitrogen and oxygen atoms in total. The summed E-state index contributed by atoms with van der Waals surface area (Å²) in [6.45, 7) is 2.80. The molecular weight excluding hydrogens is 1100 g/mol. The van der Waals surface area contributed by atoms with Crippen LogP contribution >= 0.6 is 0 Å². The van der Waals surface area contributed by atoms with Crippen molar-refractivity contribution in [1.29, 1.82) is 0 Å². The number of rotatable bonds is 59. The van der Waals surface area contributed by atoms with E-state index >= 15 is 0 Å². The van der Waals surface area contributed by atoms with Gasteiger partial charge in [-0.2, -0.15) is 0 Å². The minimum absolute atomic E-state index is 0.251. The van der Waals surface area contributed by atoms with Crippen molar-refractivity contribution in [2.24, 2.45) is 0 Å². The Kier molecular flexibility index (Phi) is 53.5. The van der Waals surface area contributed by atoms with Gasteiger partial charge in [0, 0.05) is 6.42 Å². The fourth-order valence-corrected chi connectivity index (χ4v) is 11.7. The summed E-state index contributed by atoms with van der Waals surface area (Å²) in [5, 5.41) is 87.5. The Morgan fingerprint density at radius 3 is 1.21 bits per heavy atom. The first kappa shape index (κ1) is 80.8. The number of allylic oxidation sites excluding steroid dienone is 9. The normalized spacial score (nSPS) is 23.6. The van der Waals surface area contributed by atoms with Gasteiger partial charge in [-0.05, 0) is 70.6 Å². The number of hydrogen-bond acceptors (Lipinski definition) is 13. The molecule has 2 aliphatic heterocycles. The van der Waals surface area contributed by atoms with Crippen molar-refractivity contribution in [3.8, 4) is 0 Å². The van der Waals surface area contributed by atoms with E-state index in [1.54, 1.807) is 6.08 Å². The lowest BCUT2D eigenvalue weighted by molar-refractivity contribution is -0.359. The second kappa shape index (κ2) is 57.6. The summed E-state index contributed by atoms with van der Waals surface area (Å²) in [7, 11) is 0. The van der Waals surface area contributed by atoms with Gasteiger partial charge in [0.1, 0.15) is 48.8 Å². The van der Waals surface area contributed by atoms with Crippen molar-refractivity contribution in [2.75, 3.05) is 19.8 Å². The zero-order valence-electron chi connectivity index (χ0n) is 55.3. The Morgan fingerprint density at radius 2 is 0.770 bits per heavy atom. The molecule has 2 aliphatic rings. The molecule has 0 spiro atoms. The predicted octanol–water partition coefficient (Wildman–Crippen LogP) is 14.8. The number of hydrogen-bond donors (Lipinski definition) is 9. The second-order valence-electron chi connectivity index (χ2n) is 25.4. The predicted molar refractivity (Wildman–Crippen MR) is 355 cm³/mol. The van der Waals surface area contributed by atoms with Crippen molar-refractivity contribution in [1.82, 2.24) is 5.32 Å². The summed E-state index contributed by atoms with van der Waals surface area (Å²) in [6, 6.07) is -0.938. The number of nitrogens with one attached hydrogen (secondary N) is 1. The van der Waals surface area contributed by atoms with Gasteiger partial charge in [-0.3, -0.25) is 4.79 Å². The smallest absolute Gasteiger partial charge is 0.220 e. The molecule has 14 heteroatoms. The first-order chi connectivity index (χ1) is 42.6. The Hall–Kier alpha value is -2.31. The van der Waals surface area contributed by atoms with Crippen molar-refractivity contribution in [3.05, 3.63) is 60.8 Å². The molecule has 12 unspecified atom stereocenters. The summed E-state index contributed by atoms with van der Waals surface area (Å²) >= 11 is 0. The summed E-state index contributed by atoms with van der Waals surface area (Å²) in [4.78, 5) is 13.3. The molecule has 0 bridgehead atoms. The van der Waals surface area contributed by atoms with Gasteiger partial charge < -0.3 is 65.1 Å². The molecule has 2 heterocycles. The van der Waals surface area contributed by atoms with E-state index in [1.165, 1.54) is 218 Å². The first-order valence-electron chi connectivity index (χ1n) is 36.0. The third-order valence-corrected chi connectivity index (χ3v) is 17.4. The quantitative estimate of drug-likeness (QED) is 0.0204. The van der Waals surface area contributed by atoms with Crippen molar-refractivity contribution >= 4 is 5.91 Å². The maximum Gasteiger partial charge on any atom is 0.220 e. The van der Waals surface area contributed by atoms with Crippen LogP contribution in [0.2, 0.25) is 0 Å². The topological polar surface area (TPSA) is 228 Å². The molecule has 9 N–H and O–H groups in total. The monoisotopic (exact) mass is 1230 g/mol. The minimum Gasteiger partial charge on any atom is -0.394 e. The lowest BCUT2D eigenvalue weighted by atomic mass is 9.97. The zero-order chi connectivity index (χ0) is 63.1. The van der Waals surface area contributed by atoms with Crippen LogP contribution in [0, 0.1) is 0 Å². The summed E-state index contributed by atoms with van der Waals surface area (Å²) in [5.41, 5.74) is 0. The third-order valence-electron chi connectivity index (χ3n) is 17.4. The molecule has 0 aromatic heterocycles. The van der Waals surface area contributed by atoms with E-state index < -0.39 is 86.8 Å². The maximum absolute atomic E-state index is 13.3. The third kappa shape index (κ3) is 41.7. The fraction of sp³-hybridized carbons (Fsp3) is 0.849. The fourth-order valence-electron chi connectivity index (χ4n) is 11.7. The molecular formula is C73H133NO13. The highest BCUT2D eigenvalue weighted by molar-refractivity contribution is 5.76. The average molecular weight is 1230 g/mol. The molecule has 0 aromatic carbocycles. The van der Waals surface area contributed by atoms with E-state index in [9.17, 15) is 45.6 Å². The molecule has 0 saturated carbocycles. The number of aliphatic hydroxyl groups is 8. The van der Waals surface area contributed by atoms with Crippen LogP contribution < -0.4 is 5.32 Å². The van der Waals surface area contributed by atoms with Crippen LogP contribution in [0.15, 0.2) is 60.8 Å². The first-order valence-corrected chi connectivity index (χ1v) is 36.0. The van der Waals surface area contributed by atoms with E-state index in [0.717, 1.165) is 51.4 Å². The van der Waals surface area contributed by atoms with E-state index in [2.05, 4.69) is 67.8 Å². The molecule has 0 aromatic rings. The van der Waals surface area contributed by atoms with Crippen molar-refractivity contribution in [3.63, 3.8) is 0 Å². The Labute approximate surface area is 530 Å². The number of aliphatic hydroxyl groups excluding tert-OH is 8. The summed E-state index contributed by atoms with van der Waals surface area (Å²) in [6.07, 6.45) is 59.9. The van der Waals surface area contributed by atoms with Crippen LogP contribution in [0.3, 0.4) is 0 Å². The Balaban J connectivity index is 1.70. The van der Waals surface area contributed by atoms with Crippen LogP contribution in [0.1, 0.15) is 303 Å². The molecule has 87 heavy (non-hydrogen) atoms. The number of amides is 1. The Morgan fingerprint density at radius 1 is 0.414 bits per heavy atom. The molecule has 1 amide bonds. The van der Waals surface area contributed by atoms with Crippen LogP contribution in [-0.4, -0.2) is 140 Å². The van der Waals surface area contributed by atoms with Gasteiger partial charge in [0.25, 0.3) is 0 Å². The van der Waals surface area contributed by atoms with Gasteiger partial charge in [0.2, 0.25) is 5.91 Å². The number of ether oxygens (including phenoxy) is 4. The van der Waals surface area contributed by atoms with Gasteiger partial charge in [-0.25, -0.2) is 0 Å². The van der Waals surface area contributed by atoms with Gasteiger partial charge in [0.05, 0.1) is 32.0 Å². The van der Waals surface area contributed by atoms with Gasteiger partial charge in [0.15, 0.2) is 12.6 Å². The maximum atomic E-state index is 13.3. The Bertz CT molecular complexity index is 1690. The number of carbonyl (C=O) groups is 1. The van der Waals surface area contributed by atoms with Gasteiger partial charge >= 0.3 is 0 Å². The molecule has 2 saturated heterocycles. The molecule has 12 atom stereocenters. The van der Waals surface area contributed by atoms with Crippen molar-refractivity contribution in [2.45, 2.75) is 376 Å². The highest BCUT2D eigenvalue weighted by Gasteiger charge is 2.51. The summed E-state index contributed by atoms with van der Waals surface area (Å²) < 4.78 is 22.8. The van der Waals surface area contributed by atoms with Crippen LogP contribution in [0.25, 0.3) is 0 Å². The number of carbonyl (C=O) groups excluding carboxylic acids is 1. The molecule has 0 radical (unpaired) electrons. The number of unbranched alkanes of at least 4 members (excludes halogenated alkanes) is 38. The average Bonchev–Trinajstić information content (AvgIpc) is 2.50. The lowest BCUT2D eigenvalue weighted by Gasteiger charge is -2.46. The standard InChI is InChI=1S/C73H133NO13/c1-3-5-7-9-11-13-15-17-19-21-23-25-27-29-30-31-33-34-36-38-40-42-44-46-48-50-52-54-56-62(77)61(60-84-72-70(83)68(81)71(64(59-76)86-72)87-73-69(82)67(80)66(79)63(58-75)85-73)74-65(78)57-55-53-51-49-47-45-43-41-39-37-35-32-28-26-24-22-20-18-16-14-12-10-8-6-4-2/h16,18,22,24,28,32,46,48,54,56,61-64,66-73,75-77,79-83H,3-15,17,19-21,23,25-27,29-31,33-45,47,49-53,55,57-60H2,1-2H3,(H,74,78)/b18-16-,24-22-,32-28-,48-46+,56-54+. The van der Waals surface area contributed by atoms with Crippen LogP contribution in [-0.2, 0) is 23.7 Å². The highest BCUT2D eigenvalue weighted by atomic mass is 16.7. The van der Waals surface area contributed by atoms with E-state index in [1.807, 2.05) is 6.08 Å². The van der Waals surface area contributed by atoms with E-state index in [-0.39, 0.29) is 18.9 Å². The molecule has 2 rings (SSSR count). The zero-order valence-corrected chi connectivity index (χ0v) is 55.3. The molecule has 2 fully saturated rings. The van der Waals surface area contributed by atoms with E-state index in [0.29, 0.717) is 12.8 Å². The molecule has 0 aliphatic carbocycles. The largest absolute Gasteiger partial charge is 0.394 e. The lowest BCUT2D eigenvalue weighted by Crippen LogP contribution is -2.65. The molecule has 508 valence electrons. The van der Waals surface area contributed by atoms with Crippen LogP contribution in [0.4, 0.5) is 0 Å². The SMILES string of the molecule is CCCCCCC/C=C\C/C=C\C/C=C\CCCCCCCCCCCCC(=O)NC(COC1OC(CO)C(OC2OC(CO)C(O)C(O)C2O)C(O)C1O)C(O)/C=C/CC/C=C/CCCCCCCCCCCCCCCCCCCCCCCC.